The van der Waals surface area contributed by atoms with Crippen LogP contribution in [0.15, 0.2) is 78.0 Å². The van der Waals surface area contributed by atoms with E-state index in [2.05, 4.69) is 10.2 Å². The maximum absolute atomic E-state index is 12.8. The summed E-state index contributed by atoms with van der Waals surface area (Å²) in [6, 6.07) is 22.5. The number of ether oxygens (including phenoxy) is 3. The number of ketones is 1. The summed E-state index contributed by atoms with van der Waals surface area (Å²) in [6.07, 6.45) is 0. The lowest BCUT2D eigenvalue weighted by molar-refractivity contribution is 0.102. The van der Waals surface area contributed by atoms with Crippen LogP contribution < -0.4 is 14.2 Å². The molecule has 1 heterocycles. The van der Waals surface area contributed by atoms with Gasteiger partial charge in [-0.25, -0.2) is 0 Å². The van der Waals surface area contributed by atoms with E-state index in [4.69, 9.17) is 14.2 Å². The summed E-state index contributed by atoms with van der Waals surface area (Å²) in [5, 5.41) is 9.44. The minimum absolute atomic E-state index is 0.0221. The molecule has 0 aliphatic carbocycles. The van der Waals surface area contributed by atoms with Crippen LogP contribution >= 0.6 is 11.8 Å². The van der Waals surface area contributed by atoms with Gasteiger partial charge in [0.15, 0.2) is 16.8 Å². The SMILES string of the molecule is COc1cccc(C(=O)CSc2nnc(-c3cc(OC)cc(OC)c3)n2-c2ccccc2)c1. The Kier molecular flexibility index (Phi) is 6.95. The molecule has 7 nitrogen and oxygen atoms in total. The molecular formula is C25H23N3O4S. The van der Waals surface area contributed by atoms with Crippen LogP contribution in [0.25, 0.3) is 17.1 Å². The number of methoxy groups -OCH3 is 3. The smallest absolute Gasteiger partial charge is 0.196 e. The monoisotopic (exact) mass is 461 g/mol. The number of carbonyl (C=O) groups is 1. The van der Waals surface area contributed by atoms with Crippen LogP contribution in [0.1, 0.15) is 10.4 Å². The molecule has 3 aromatic carbocycles. The quantitative estimate of drug-likeness (QED) is 0.258. The molecule has 8 heteroatoms. The van der Waals surface area contributed by atoms with Gasteiger partial charge in [-0.05, 0) is 36.4 Å². The zero-order valence-electron chi connectivity index (χ0n) is 18.5. The highest BCUT2D eigenvalue weighted by Crippen LogP contribution is 2.33. The van der Waals surface area contributed by atoms with Gasteiger partial charge in [0.25, 0.3) is 0 Å². The minimum atomic E-state index is -0.0221. The number of thioether (sulfide) groups is 1. The van der Waals surface area contributed by atoms with E-state index >= 15 is 0 Å². The maximum Gasteiger partial charge on any atom is 0.196 e. The van der Waals surface area contributed by atoms with Crippen molar-refractivity contribution in [1.29, 1.82) is 0 Å². The first-order valence-corrected chi connectivity index (χ1v) is 11.2. The van der Waals surface area contributed by atoms with E-state index in [1.54, 1.807) is 45.6 Å². The van der Waals surface area contributed by atoms with E-state index < -0.39 is 0 Å². The normalized spacial score (nSPS) is 10.6. The molecular weight excluding hydrogens is 438 g/mol. The maximum atomic E-state index is 12.8. The first kappa shape index (κ1) is 22.4. The molecule has 33 heavy (non-hydrogen) atoms. The second kappa shape index (κ2) is 10.2. The van der Waals surface area contributed by atoms with Gasteiger partial charge in [-0.1, -0.05) is 42.1 Å². The number of hydrogen-bond acceptors (Lipinski definition) is 7. The van der Waals surface area contributed by atoms with Crippen LogP contribution in [0, 0.1) is 0 Å². The average Bonchev–Trinajstić information content (AvgIpc) is 3.31. The van der Waals surface area contributed by atoms with Crippen molar-refractivity contribution < 1.29 is 19.0 Å². The van der Waals surface area contributed by atoms with E-state index in [0.29, 0.717) is 33.8 Å². The lowest BCUT2D eigenvalue weighted by Gasteiger charge is -2.12. The molecule has 0 N–H and O–H groups in total. The molecule has 0 unspecified atom stereocenters. The lowest BCUT2D eigenvalue weighted by Crippen LogP contribution is -2.05. The van der Waals surface area contributed by atoms with Gasteiger partial charge in [0.05, 0.1) is 27.1 Å². The largest absolute Gasteiger partial charge is 0.497 e. The predicted molar refractivity (Wildman–Crippen MR) is 128 cm³/mol. The first-order chi connectivity index (χ1) is 16.1. The number of carbonyl (C=O) groups excluding carboxylic acids is 1. The topological polar surface area (TPSA) is 75.5 Å². The van der Waals surface area contributed by atoms with Gasteiger partial charge >= 0.3 is 0 Å². The second-order valence-electron chi connectivity index (χ2n) is 7.02. The van der Waals surface area contributed by atoms with Gasteiger partial charge in [-0.2, -0.15) is 0 Å². The van der Waals surface area contributed by atoms with Crippen molar-refractivity contribution in [3.63, 3.8) is 0 Å². The summed E-state index contributed by atoms with van der Waals surface area (Å²) in [7, 11) is 4.79. The minimum Gasteiger partial charge on any atom is -0.497 e. The zero-order chi connectivity index (χ0) is 23.2. The molecule has 4 aromatic rings. The van der Waals surface area contributed by atoms with Crippen molar-refractivity contribution in [2.45, 2.75) is 5.16 Å². The molecule has 1 aromatic heterocycles. The Morgan fingerprint density at radius 3 is 2.18 bits per heavy atom. The second-order valence-corrected chi connectivity index (χ2v) is 7.96. The Morgan fingerprint density at radius 2 is 1.52 bits per heavy atom. The average molecular weight is 462 g/mol. The zero-order valence-corrected chi connectivity index (χ0v) is 19.3. The van der Waals surface area contributed by atoms with Gasteiger partial charge in [0, 0.05) is 22.9 Å². The molecule has 0 saturated carbocycles. The summed E-state index contributed by atoms with van der Waals surface area (Å²) >= 11 is 1.33. The standard InChI is InChI=1S/C25H23N3O4S/c1-30-20-11-7-8-17(12-20)23(29)16-33-25-27-26-24(28(25)19-9-5-4-6-10-19)18-13-21(31-2)15-22(14-18)32-3/h4-15H,16H2,1-3H3. The van der Waals surface area contributed by atoms with Crippen LogP contribution in [-0.2, 0) is 0 Å². The fourth-order valence-electron chi connectivity index (χ4n) is 3.31. The van der Waals surface area contributed by atoms with E-state index in [9.17, 15) is 4.79 Å². The van der Waals surface area contributed by atoms with Crippen LogP contribution in [0.3, 0.4) is 0 Å². The van der Waals surface area contributed by atoms with Crippen molar-refractivity contribution in [3.8, 4) is 34.3 Å². The number of hydrogen-bond donors (Lipinski definition) is 0. The van der Waals surface area contributed by atoms with Gasteiger partial charge in [0.2, 0.25) is 0 Å². The molecule has 0 aliphatic rings. The Morgan fingerprint density at radius 1 is 0.818 bits per heavy atom. The highest BCUT2D eigenvalue weighted by atomic mass is 32.2. The number of rotatable bonds is 9. The van der Waals surface area contributed by atoms with Crippen molar-refractivity contribution >= 4 is 17.5 Å². The number of aromatic nitrogens is 3. The van der Waals surface area contributed by atoms with Gasteiger partial charge in [0.1, 0.15) is 17.2 Å². The Labute approximate surface area is 196 Å². The van der Waals surface area contributed by atoms with Gasteiger partial charge in [-0.3, -0.25) is 9.36 Å². The Hall–Kier alpha value is -3.78. The lowest BCUT2D eigenvalue weighted by atomic mass is 10.1. The molecule has 0 amide bonds. The van der Waals surface area contributed by atoms with Crippen LogP contribution in [0.5, 0.6) is 17.2 Å². The van der Waals surface area contributed by atoms with Gasteiger partial charge in [-0.15, -0.1) is 10.2 Å². The molecule has 0 saturated heterocycles. The van der Waals surface area contributed by atoms with Crippen molar-refractivity contribution in [3.05, 3.63) is 78.4 Å². The molecule has 4 rings (SSSR count). The van der Waals surface area contributed by atoms with Crippen LogP contribution in [0.2, 0.25) is 0 Å². The predicted octanol–water partition coefficient (Wildman–Crippen LogP) is 4.94. The van der Waals surface area contributed by atoms with Gasteiger partial charge < -0.3 is 14.2 Å². The summed E-state index contributed by atoms with van der Waals surface area (Å²) in [5.41, 5.74) is 2.26. The third-order valence-corrected chi connectivity index (χ3v) is 5.91. The van der Waals surface area contributed by atoms with E-state index in [1.807, 2.05) is 53.1 Å². The highest BCUT2D eigenvalue weighted by molar-refractivity contribution is 7.99. The van der Waals surface area contributed by atoms with E-state index in [0.717, 1.165) is 11.3 Å². The van der Waals surface area contributed by atoms with Crippen LogP contribution in [-0.4, -0.2) is 47.6 Å². The number of nitrogens with zero attached hydrogens (tertiary/aromatic N) is 3. The molecule has 168 valence electrons. The van der Waals surface area contributed by atoms with Crippen molar-refractivity contribution in [2.24, 2.45) is 0 Å². The summed E-state index contributed by atoms with van der Waals surface area (Å²) in [4.78, 5) is 12.8. The molecule has 0 bridgehead atoms. The third-order valence-electron chi connectivity index (χ3n) is 4.98. The third kappa shape index (κ3) is 5.01. The Bertz CT molecular complexity index is 1240. The Balaban J connectivity index is 1.70. The first-order valence-electron chi connectivity index (χ1n) is 10.2. The molecule has 0 atom stereocenters. The molecule has 0 spiro atoms. The summed E-state index contributed by atoms with van der Waals surface area (Å²) in [5.74, 6) is 2.75. The molecule has 0 fully saturated rings. The van der Waals surface area contributed by atoms with E-state index in [1.165, 1.54) is 11.8 Å². The number of Topliss-reactive ketones (excluding diaryl/α,β-unsaturated/α-hetero) is 1. The molecule has 0 aliphatic heterocycles. The van der Waals surface area contributed by atoms with Crippen LogP contribution in [0.4, 0.5) is 0 Å². The van der Waals surface area contributed by atoms with Crippen molar-refractivity contribution in [2.75, 3.05) is 27.1 Å². The summed E-state index contributed by atoms with van der Waals surface area (Å²) < 4.78 is 18.0. The van der Waals surface area contributed by atoms with Crippen molar-refractivity contribution in [1.82, 2.24) is 14.8 Å². The fraction of sp³-hybridized carbons (Fsp3) is 0.160. The molecule has 0 radical (unpaired) electrons. The number of benzene rings is 3. The summed E-state index contributed by atoms with van der Waals surface area (Å²) in [6.45, 7) is 0. The van der Waals surface area contributed by atoms with E-state index in [-0.39, 0.29) is 11.5 Å². The fourth-order valence-corrected chi connectivity index (χ4v) is 4.15. The highest BCUT2D eigenvalue weighted by Gasteiger charge is 2.19. The number of para-hydroxylation sites is 1.